The van der Waals surface area contributed by atoms with Crippen LogP contribution < -0.4 is 5.73 Å². The molecule has 2 aromatic heterocycles. The maximum absolute atomic E-state index is 5.44. The number of aromatic nitrogens is 4. The molecular formula is C7H9N5. The summed E-state index contributed by atoms with van der Waals surface area (Å²) in [4.78, 5) is 0. The molecule has 12 heavy (non-hydrogen) atoms. The lowest BCUT2D eigenvalue weighted by Gasteiger charge is -1.84. The summed E-state index contributed by atoms with van der Waals surface area (Å²) in [6.45, 7) is 1.94. The van der Waals surface area contributed by atoms with Crippen molar-refractivity contribution < 1.29 is 0 Å². The van der Waals surface area contributed by atoms with Crippen molar-refractivity contribution in [2.24, 2.45) is 0 Å². The van der Waals surface area contributed by atoms with Gasteiger partial charge in [0.1, 0.15) is 11.5 Å². The highest BCUT2D eigenvalue weighted by Gasteiger charge is 2.03. The molecule has 0 aliphatic carbocycles. The Bertz CT molecular complexity index is 348. The number of hydrogen-bond acceptors (Lipinski definition) is 3. The van der Waals surface area contributed by atoms with E-state index in [0.717, 1.165) is 17.1 Å². The molecule has 0 aromatic carbocycles. The number of anilines is 1. The molecule has 5 nitrogen and oxygen atoms in total. The van der Waals surface area contributed by atoms with Crippen molar-refractivity contribution in [1.82, 2.24) is 20.4 Å². The van der Waals surface area contributed by atoms with E-state index in [-0.39, 0.29) is 0 Å². The Kier molecular flexibility index (Phi) is 1.36. The summed E-state index contributed by atoms with van der Waals surface area (Å²) >= 11 is 0. The minimum atomic E-state index is 0.477. The first-order chi connectivity index (χ1) is 5.75. The lowest BCUT2D eigenvalue weighted by Crippen LogP contribution is -1.81. The monoisotopic (exact) mass is 163 g/mol. The molecule has 0 radical (unpaired) electrons. The normalized spacial score (nSPS) is 10.4. The highest BCUT2D eigenvalue weighted by molar-refractivity contribution is 5.57. The average molecular weight is 163 g/mol. The number of rotatable bonds is 1. The van der Waals surface area contributed by atoms with Crippen LogP contribution in [0.5, 0.6) is 0 Å². The molecule has 0 fully saturated rings. The van der Waals surface area contributed by atoms with Crippen molar-refractivity contribution in [3.63, 3.8) is 0 Å². The standard InChI is InChI=1S/C7H9N5/c1-4-2-5(10-9-4)6-3-7(8)12-11-6/h2-3H,1H3,(H,9,10)(H3,8,11,12). The van der Waals surface area contributed by atoms with E-state index in [1.165, 1.54) is 0 Å². The van der Waals surface area contributed by atoms with E-state index < -0.39 is 0 Å². The van der Waals surface area contributed by atoms with Crippen molar-refractivity contribution in [2.75, 3.05) is 5.73 Å². The van der Waals surface area contributed by atoms with Crippen LogP contribution in [0.15, 0.2) is 12.1 Å². The van der Waals surface area contributed by atoms with Gasteiger partial charge in [-0.3, -0.25) is 10.2 Å². The minimum absolute atomic E-state index is 0.477. The van der Waals surface area contributed by atoms with Gasteiger partial charge in [0.2, 0.25) is 0 Å². The highest BCUT2D eigenvalue weighted by atomic mass is 15.2. The summed E-state index contributed by atoms with van der Waals surface area (Å²) in [5, 5.41) is 13.5. The second-order valence-electron chi connectivity index (χ2n) is 2.64. The zero-order chi connectivity index (χ0) is 8.55. The molecule has 5 heteroatoms. The number of aryl methyl sites for hydroxylation is 1. The zero-order valence-electron chi connectivity index (χ0n) is 6.63. The van der Waals surface area contributed by atoms with Crippen LogP contribution in [0, 0.1) is 6.92 Å². The largest absolute Gasteiger partial charge is 0.382 e. The van der Waals surface area contributed by atoms with Crippen LogP contribution in [-0.4, -0.2) is 20.4 Å². The number of nitrogens with zero attached hydrogens (tertiary/aromatic N) is 2. The van der Waals surface area contributed by atoms with Crippen molar-refractivity contribution in [1.29, 1.82) is 0 Å². The topological polar surface area (TPSA) is 83.4 Å². The fourth-order valence-corrected chi connectivity index (χ4v) is 1.02. The smallest absolute Gasteiger partial charge is 0.145 e. The van der Waals surface area contributed by atoms with E-state index in [0.29, 0.717) is 5.82 Å². The fraction of sp³-hybridized carbons (Fsp3) is 0.143. The van der Waals surface area contributed by atoms with E-state index in [1.807, 2.05) is 13.0 Å². The first kappa shape index (κ1) is 6.90. The Morgan fingerprint density at radius 2 is 2.08 bits per heavy atom. The summed E-state index contributed by atoms with van der Waals surface area (Å²) in [6, 6.07) is 3.67. The van der Waals surface area contributed by atoms with Gasteiger partial charge in [-0.25, -0.2) is 0 Å². The fourth-order valence-electron chi connectivity index (χ4n) is 1.02. The number of aromatic amines is 2. The number of nitrogens with one attached hydrogen (secondary N) is 2. The Hall–Kier alpha value is -1.78. The van der Waals surface area contributed by atoms with Gasteiger partial charge in [0.25, 0.3) is 0 Å². The zero-order valence-corrected chi connectivity index (χ0v) is 6.63. The molecule has 0 saturated heterocycles. The van der Waals surface area contributed by atoms with Crippen molar-refractivity contribution in [3.8, 4) is 11.4 Å². The molecule has 0 spiro atoms. The highest BCUT2D eigenvalue weighted by Crippen LogP contribution is 2.15. The van der Waals surface area contributed by atoms with Gasteiger partial charge >= 0.3 is 0 Å². The molecule has 0 atom stereocenters. The van der Waals surface area contributed by atoms with Crippen LogP contribution in [0.3, 0.4) is 0 Å². The molecule has 2 aromatic rings. The van der Waals surface area contributed by atoms with Gasteiger partial charge in [-0.05, 0) is 13.0 Å². The van der Waals surface area contributed by atoms with Crippen LogP contribution in [-0.2, 0) is 0 Å². The lowest BCUT2D eigenvalue weighted by atomic mass is 10.3. The third-order valence-electron chi connectivity index (χ3n) is 1.58. The molecule has 0 saturated carbocycles. The van der Waals surface area contributed by atoms with Crippen LogP contribution in [0.4, 0.5) is 5.82 Å². The van der Waals surface area contributed by atoms with Gasteiger partial charge < -0.3 is 5.73 Å². The molecule has 2 rings (SSSR count). The van der Waals surface area contributed by atoms with Crippen LogP contribution in [0.25, 0.3) is 11.4 Å². The van der Waals surface area contributed by atoms with Gasteiger partial charge in [0.15, 0.2) is 0 Å². The molecule has 0 aliphatic rings. The van der Waals surface area contributed by atoms with Crippen molar-refractivity contribution in [3.05, 3.63) is 17.8 Å². The van der Waals surface area contributed by atoms with Crippen LogP contribution in [0.1, 0.15) is 5.69 Å². The third-order valence-corrected chi connectivity index (χ3v) is 1.58. The second kappa shape index (κ2) is 2.37. The average Bonchev–Trinajstić information content (AvgIpc) is 2.58. The Morgan fingerprint density at radius 3 is 2.58 bits per heavy atom. The van der Waals surface area contributed by atoms with Gasteiger partial charge in [0.05, 0.1) is 5.69 Å². The Morgan fingerprint density at radius 1 is 1.25 bits per heavy atom. The molecule has 62 valence electrons. The summed E-state index contributed by atoms with van der Waals surface area (Å²) in [6.07, 6.45) is 0. The Labute approximate surface area is 69.0 Å². The number of nitrogen functional groups attached to an aromatic ring is 1. The summed E-state index contributed by atoms with van der Waals surface area (Å²) in [5.74, 6) is 0.477. The Balaban J connectivity index is 2.43. The first-order valence-corrected chi connectivity index (χ1v) is 3.59. The van der Waals surface area contributed by atoms with E-state index in [4.69, 9.17) is 5.73 Å². The third kappa shape index (κ3) is 1.05. The molecule has 2 heterocycles. The van der Waals surface area contributed by atoms with E-state index >= 15 is 0 Å². The predicted molar refractivity (Wildman–Crippen MR) is 45.3 cm³/mol. The van der Waals surface area contributed by atoms with Gasteiger partial charge in [-0.1, -0.05) is 0 Å². The summed E-state index contributed by atoms with van der Waals surface area (Å²) in [7, 11) is 0. The lowest BCUT2D eigenvalue weighted by molar-refractivity contribution is 1.03. The molecular weight excluding hydrogens is 154 g/mol. The predicted octanol–water partition coefficient (Wildman–Crippen LogP) is 0.690. The maximum Gasteiger partial charge on any atom is 0.145 e. The molecule has 0 bridgehead atoms. The van der Waals surface area contributed by atoms with Gasteiger partial charge in [0, 0.05) is 11.8 Å². The quantitative estimate of drug-likeness (QED) is 0.578. The SMILES string of the molecule is Cc1cc(-c2cc(N)n[nH]2)n[nH]1. The van der Waals surface area contributed by atoms with Gasteiger partial charge in [-0.2, -0.15) is 10.2 Å². The van der Waals surface area contributed by atoms with E-state index in [9.17, 15) is 0 Å². The van der Waals surface area contributed by atoms with Crippen molar-refractivity contribution in [2.45, 2.75) is 6.92 Å². The molecule has 0 aliphatic heterocycles. The van der Waals surface area contributed by atoms with E-state index in [2.05, 4.69) is 20.4 Å². The molecule has 0 amide bonds. The minimum Gasteiger partial charge on any atom is -0.382 e. The summed E-state index contributed by atoms with van der Waals surface area (Å²) in [5.41, 5.74) is 8.12. The van der Waals surface area contributed by atoms with Gasteiger partial charge in [-0.15, -0.1) is 0 Å². The maximum atomic E-state index is 5.44. The summed E-state index contributed by atoms with van der Waals surface area (Å²) < 4.78 is 0. The number of hydrogen-bond donors (Lipinski definition) is 3. The van der Waals surface area contributed by atoms with Crippen molar-refractivity contribution >= 4 is 5.82 Å². The number of H-pyrrole nitrogens is 2. The van der Waals surface area contributed by atoms with E-state index in [1.54, 1.807) is 6.07 Å². The number of nitrogens with two attached hydrogens (primary N) is 1. The van der Waals surface area contributed by atoms with Crippen LogP contribution >= 0.6 is 0 Å². The molecule has 0 unspecified atom stereocenters. The first-order valence-electron chi connectivity index (χ1n) is 3.59. The second-order valence-corrected chi connectivity index (χ2v) is 2.64. The molecule has 4 N–H and O–H groups in total. The van der Waals surface area contributed by atoms with Crippen LogP contribution in [0.2, 0.25) is 0 Å².